The minimum atomic E-state index is 0.862. The van der Waals surface area contributed by atoms with Crippen molar-refractivity contribution in [3.05, 3.63) is 53.1 Å². The van der Waals surface area contributed by atoms with Crippen molar-refractivity contribution >= 4 is 17.4 Å². The van der Waals surface area contributed by atoms with E-state index in [1.54, 1.807) is 11.8 Å². The molecule has 2 nitrogen and oxygen atoms in total. The van der Waals surface area contributed by atoms with Crippen LogP contribution < -0.4 is 5.53 Å². The highest BCUT2D eigenvalue weighted by molar-refractivity contribution is 7.99. The lowest BCUT2D eigenvalue weighted by molar-refractivity contribution is -0.210. The van der Waals surface area contributed by atoms with Crippen LogP contribution in [0, 0.1) is 20.8 Å². The van der Waals surface area contributed by atoms with Crippen LogP contribution in [-0.2, 0) is 0 Å². The molecule has 0 spiro atoms. The van der Waals surface area contributed by atoms with Gasteiger partial charge in [-0.15, -0.1) is 0 Å². The summed E-state index contributed by atoms with van der Waals surface area (Å²) >= 11 is 1.78. The quantitative estimate of drug-likeness (QED) is 0.838. The second-order valence-corrected chi connectivity index (χ2v) is 5.57. The summed E-state index contributed by atoms with van der Waals surface area (Å²) in [5.74, 6) is 0. The van der Waals surface area contributed by atoms with Gasteiger partial charge >= 0.3 is 0 Å². The molecule has 2 N–H and O–H groups in total. The summed E-state index contributed by atoms with van der Waals surface area (Å²) in [4.78, 5) is 2.51. The van der Waals surface area contributed by atoms with Crippen LogP contribution in [0.25, 0.3) is 0 Å². The number of rotatable bonds is 3. The van der Waals surface area contributed by atoms with Gasteiger partial charge in [-0.2, -0.15) is 5.53 Å². The normalized spacial score (nSPS) is 10.4. The predicted octanol–water partition coefficient (Wildman–Crippen LogP) is 3.61. The summed E-state index contributed by atoms with van der Waals surface area (Å²) in [6.45, 7) is 6.23. The third-order valence-corrected chi connectivity index (χ3v) is 4.00. The Morgan fingerprint density at radius 2 is 1.78 bits per heavy atom. The summed E-state index contributed by atoms with van der Waals surface area (Å²) in [6, 6.07) is 12.7. The monoisotopic (exact) mass is 257 g/mol. The third-order valence-electron chi connectivity index (χ3n) is 2.85. The Morgan fingerprint density at radius 3 is 2.44 bits per heavy atom. The maximum absolute atomic E-state index is 5.36. The average molecular weight is 257 g/mol. The molecule has 18 heavy (non-hydrogen) atoms. The smallest absolute Gasteiger partial charge is 0.133 e. The molecular weight excluding hydrogens is 240 g/mol. The van der Waals surface area contributed by atoms with Gasteiger partial charge in [-0.1, -0.05) is 29.5 Å². The van der Waals surface area contributed by atoms with E-state index < -0.39 is 0 Å². The highest BCUT2D eigenvalue weighted by atomic mass is 32.2. The van der Waals surface area contributed by atoms with Crippen molar-refractivity contribution in [1.82, 2.24) is 0 Å². The zero-order chi connectivity index (χ0) is 13.1. The first-order chi connectivity index (χ1) is 8.60. The second kappa shape index (κ2) is 5.36. The molecule has 0 saturated carbocycles. The van der Waals surface area contributed by atoms with Crippen LogP contribution in [0.2, 0.25) is 0 Å². The summed E-state index contributed by atoms with van der Waals surface area (Å²) in [6.07, 6.45) is 0. The van der Waals surface area contributed by atoms with Gasteiger partial charge in [-0.25, -0.2) is 0 Å². The molecule has 0 atom stereocenters. The average Bonchev–Trinajstić information content (AvgIpc) is 2.33. The Hall–Kier alpha value is -1.61. The lowest BCUT2D eigenvalue weighted by atomic mass is 10.1. The van der Waals surface area contributed by atoms with Gasteiger partial charge in [0.05, 0.1) is 0 Å². The van der Waals surface area contributed by atoms with E-state index in [4.69, 9.17) is 5.53 Å². The fourth-order valence-electron chi connectivity index (χ4n) is 1.83. The lowest BCUT2D eigenvalue weighted by Gasteiger charge is -2.08. The molecule has 0 unspecified atom stereocenters. The molecule has 0 aliphatic heterocycles. The van der Waals surface area contributed by atoms with E-state index >= 15 is 0 Å². The van der Waals surface area contributed by atoms with Crippen LogP contribution in [-0.4, -0.2) is 0 Å². The van der Waals surface area contributed by atoms with E-state index in [2.05, 4.69) is 49.3 Å². The van der Waals surface area contributed by atoms with Crippen molar-refractivity contribution in [3.8, 4) is 0 Å². The minimum Gasteiger partial charge on any atom is -0.152 e. The molecule has 0 aliphatic rings. The number of hydrogen-bond acceptors (Lipinski definition) is 2. The number of benzene rings is 2. The first-order valence-electron chi connectivity index (χ1n) is 5.87. The van der Waals surface area contributed by atoms with Crippen molar-refractivity contribution in [2.75, 3.05) is 0 Å². The number of aryl methyl sites for hydroxylation is 3. The Kier molecular flexibility index (Phi) is 3.82. The fraction of sp³-hybridized carbons (Fsp3) is 0.200. The van der Waals surface area contributed by atoms with Gasteiger partial charge in [-0.3, -0.25) is 0 Å². The minimum absolute atomic E-state index is 0.862. The fourth-order valence-corrected chi connectivity index (χ4v) is 2.93. The van der Waals surface area contributed by atoms with Crippen LogP contribution in [0.3, 0.4) is 0 Å². The zero-order valence-electron chi connectivity index (χ0n) is 10.9. The van der Waals surface area contributed by atoms with E-state index in [-0.39, 0.29) is 0 Å². The highest BCUT2D eigenvalue weighted by Gasteiger charge is 2.07. The first kappa shape index (κ1) is 12.8. The van der Waals surface area contributed by atoms with Gasteiger partial charge in [0.1, 0.15) is 5.69 Å². The maximum atomic E-state index is 5.36. The Bertz CT molecular complexity index is 591. The maximum Gasteiger partial charge on any atom is 0.133 e. The Balaban J connectivity index is 2.35. The van der Waals surface area contributed by atoms with E-state index in [0.29, 0.717) is 0 Å². The number of nitrogens with two attached hydrogens (primary N) is 1. The summed E-state index contributed by atoms with van der Waals surface area (Å²) < 4.78 is 0. The lowest BCUT2D eigenvalue weighted by Crippen LogP contribution is -2.22. The molecule has 0 aromatic heterocycles. The van der Waals surface area contributed by atoms with E-state index in [9.17, 15) is 0 Å². The molecule has 92 valence electrons. The van der Waals surface area contributed by atoms with Gasteiger partial charge < -0.3 is 0 Å². The van der Waals surface area contributed by atoms with Crippen molar-refractivity contribution in [1.29, 1.82) is 0 Å². The molecule has 2 aromatic carbocycles. The summed E-state index contributed by atoms with van der Waals surface area (Å²) in [5.41, 5.74) is 9.82. The van der Waals surface area contributed by atoms with Gasteiger partial charge in [0.2, 0.25) is 0 Å². The third kappa shape index (κ3) is 2.79. The van der Waals surface area contributed by atoms with E-state index in [1.165, 1.54) is 20.9 Å². The van der Waals surface area contributed by atoms with Gasteiger partial charge in [0.15, 0.2) is 0 Å². The molecular formula is C15H17N2S+. The molecule has 0 fully saturated rings. The summed E-state index contributed by atoms with van der Waals surface area (Å²) in [7, 11) is 0. The number of nitrogens with zero attached hydrogens (tertiary/aromatic N) is 1. The molecule has 3 heteroatoms. The van der Waals surface area contributed by atoms with Crippen molar-refractivity contribution in [3.63, 3.8) is 0 Å². The van der Waals surface area contributed by atoms with Crippen molar-refractivity contribution in [2.24, 2.45) is 5.11 Å². The van der Waals surface area contributed by atoms with Gasteiger partial charge in [-0.05, 0) is 61.3 Å². The van der Waals surface area contributed by atoms with E-state index in [0.717, 1.165) is 11.3 Å². The van der Waals surface area contributed by atoms with Crippen LogP contribution in [0.5, 0.6) is 0 Å². The molecule has 0 bridgehead atoms. The number of hydrogen-bond donors (Lipinski definition) is 1. The Morgan fingerprint density at radius 1 is 1.00 bits per heavy atom. The highest BCUT2D eigenvalue weighted by Crippen LogP contribution is 2.34. The zero-order valence-corrected chi connectivity index (χ0v) is 11.7. The molecule has 0 saturated heterocycles. The van der Waals surface area contributed by atoms with Crippen LogP contribution in [0.1, 0.15) is 16.7 Å². The molecule has 0 heterocycles. The second-order valence-electron chi connectivity index (χ2n) is 4.45. The SMILES string of the molecule is Cc1cccc(Sc2cc(C)c(N=[NH2+])cc2C)c1. The molecule has 0 amide bonds. The molecule has 0 aliphatic carbocycles. The summed E-state index contributed by atoms with van der Waals surface area (Å²) in [5, 5.41) is 3.78. The Labute approximate surface area is 112 Å². The standard InChI is InChI=1S/C15H16N2S/c1-10-5-4-6-13(7-10)18-15-9-11(2)14(17-16)8-12(15)3/h4-9,16H,1-3H3/p+1. The van der Waals surface area contributed by atoms with Crippen molar-refractivity contribution in [2.45, 2.75) is 30.6 Å². The molecule has 2 rings (SSSR count). The van der Waals surface area contributed by atoms with Gasteiger partial charge in [0, 0.05) is 9.79 Å². The van der Waals surface area contributed by atoms with E-state index in [1.807, 2.05) is 13.0 Å². The largest absolute Gasteiger partial charge is 0.152 e. The van der Waals surface area contributed by atoms with Crippen molar-refractivity contribution < 1.29 is 5.53 Å². The van der Waals surface area contributed by atoms with Crippen LogP contribution in [0.15, 0.2) is 51.3 Å². The first-order valence-corrected chi connectivity index (χ1v) is 6.68. The predicted molar refractivity (Wildman–Crippen MR) is 75.2 cm³/mol. The van der Waals surface area contributed by atoms with Crippen LogP contribution in [0.4, 0.5) is 5.69 Å². The van der Waals surface area contributed by atoms with Crippen LogP contribution >= 0.6 is 11.8 Å². The van der Waals surface area contributed by atoms with Gasteiger partial charge in [0.25, 0.3) is 0 Å². The molecule has 2 aromatic rings. The topological polar surface area (TPSA) is 38.0 Å². The molecule has 0 radical (unpaired) electrons.